The highest BCUT2D eigenvalue weighted by atomic mass is 16.6. The first kappa shape index (κ1) is 40.7. The fourth-order valence-corrected chi connectivity index (χ4v) is 10.3. The number of rotatable bonds is 7. The van der Waals surface area contributed by atoms with Gasteiger partial charge >= 0.3 is 0 Å². The van der Waals surface area contributed by atoms with Crippen molar-refractivity contribution in [1.82, 2.24) is 0 Å². The van der Waals surface area contributed by atoms with Gasteiger partial charge in [-0.1, -0.05) is 44.1 Å². The normalized spacial score (nSPS) is 51.8. The average Bonchev–Trinajstić information content (AvgIpc) is 3.22. The minimum atomic E-state index is -0.959. The Balaban J connectivity index is 1.13. The highest BCUT2D eigenvalue weighted by molar-refractivity contribution is 5.27. The Morgan fingerprint density at radius 1 is 0.788 bits per heavy atom. The molecule has 6 fully saturated rings. The van der Waals surface area contributed by atoms with Gasteiger partial charge in [0.15, 0.2) is 0 Å². The average molecular weight is 735 g/mol. The Hall–Kier alpha value is -0.920. The number of aliphatic hydroxyl groups is 4. The van der Waals surface area contributed by atoms with Gasteiger partial charge in [0.25, 0.3) is 0 Å². The SMILES string of the molecule is CC(=C\CC[C@@H]1O[C@@H]2C[C@@H]3O[C@](C)(C[C@H]4C[C@H](O)[C@@H]5O[C@]6(C)C[C@H](O)[C@@H](C)O[C@@]6(C)CC[C@H]5O4)[C@@H](O)CC[C@@]3(C)O[C@H]2[C@@H](O)[C@@H]1C)/C(C)=C/C(C)C. The van der Waals surface area contributed by atoms with Gasteiger partial charge in [-0.2, -0.15) is 0 Å². The fraction of sp³-hybridized carbons (Fsp3) is 0.905. The molecule has 298 valence electrons. The smallest absolute Gasteiger partial charge is 0.111 e. The molecule has 0 aromatic heterocycles. The molecule has 6 aliphatic rings. The van der Waals surface area contributed by atoms with Gasteiger partial charge in [-0.3, -0.25) is 0 Å². The molecule has 0 aliphatic carbocycles. The van der Waals surface area contributed by atoms with Crippen LogP contribution >= 0.6 is 0 Å². The van der Waals surface area contributed by atoms with E-state index in [4.69, 9.17) is 28.4 Å². The Morgan fingerprint density at radius 2 is 1.52 bits per heavy atom. The second kappa shape index (κ2) is 15.2. The molecule has 10 nitrogen and oxygen atoms in total. The molecule has 6 rings (SSSR count). The second-order valence-corrected chi connectivity index (χ2v) is 18.7. The third-order valence-corrected chi connectivity index (χ3v) is 14.1. The van der Waals surface area contributed by atoms with Crippen molar-refractivity contribution >= 4 is 0 Å². The molecule has 0 aromatic rings. The molecule has 6 heterocycles. The molecule has 0 bridgehead atoms. The van der Waals surface area contributed by atoms with E-state index >= 15 is 0 Å². The van der Waals surface area contributed by atoms with Crippen LogP contribution in [0.4, 0.5) is 0 Å². The highest BCUT2D eigenvalue weighted by Gasteiger charge is 2.60. The van der Waals surface area contributed by atoms with Crippen molar-refractivity contribution in [2.45, 2.75) is 229 Å². The Bertz CT molecular complexity index is 1320. The fourth-order valence-electron chi connectivity index (χ4n) is 10.3. The van der Waals surface area contributed by atoms with E-state index in [2.05, 4.69) is 46.8 Å². The number of fused-ring (bicyclic) bond motifs is 4. The first-order chi connectivity index (χ1) is 24.3. The van der Waals surface area contributed by atoms with Crippen LogP contribution in [0.3, 0.4) is 0 Å². The van der Waals surface area contributed by atoms with E-state index in [1.165, 1.54) is 11.1 Å². The van der Waals surface area contributed by atoms with E-state index in [0.717, 1.165) is 12.8 Å². The van der Waals surface area contributed by atoms with E-state index in [9.17, 15) is 20.4 Å². The Morgan fingerprint density at radius 3 is 2.23 bits per heavy atom. The molecule has 10 heteroatoms. The number of hydrogen-bond acceptors (Lipinski definition) is 10. The second-order valence-electron chi connectivity index (χ2n) is 18.7. The van der Waals surface area contributed by atoms with Crippen molar-refractivity contribution in [2.24, 2.45) is 11.8 Å². The van der Waals surface area contributed by atoms with E-state index in [1.54, 1.807) is 0 Å². The molecule has 0 amide bonds. The van der Waals surface area contributed by atoms with Crippen LogP contribution in [0.25, 0.3) is 0 Å². The summed E-state index contributed by atoms with van der Waals surface area (Å²) >= 11 is 0. The standard InChI is InChI=1S/C42H70O10/c1-23(2)18-25(4)24(3)12-11-13-31-26(5)36(46)38-33(48-31)20-35-39(7,51-38)16-15-34(45)40(8,50-35)21-28-19-29(43)37-32(47-28)14-17-41(9)42(10,52-37)22-30(44)27(6)49-41/h12,18,23,26-38,43-46H,11,13-17,19-22H2,1-10H3/b24-12+,25-18+/t26-,27-,28-,29+,30+,31+,32-,33-,34+,35+,36+,37+,38-,39-,40-,41+,42-/m1/s1. The predicted molar refractivity (Wildman–Crippen MR) is 198 cm³/mol. The summed E-state index contributed by atoms with van der Waals surface area (Å²) in [7, 11) is 0. The first-order valence-corrected chi connectivity index (χ1v) is 20.4. The lowest BCUT2D eigenvalue weighted by molar-refractivity contribution is -0.313. The van der Waals surface area contributed by atoms with Crippen LogP contribution in [0.2, 0.25) is 0 Å². The van der Waals surface area contributed by atoms with E-state index < -0.39 is 59.0 Å². The zero-order valence-electron chi connectivity index (χ0n) is 33.5. The summed E-state index contributed by atoms with van der Waals surface area (Å²) in [6.07, 6.45) is 4.67. The van der Waals surface area contributed by atoms with Crippen LogP contribution in [0, 0.1) is 11.8 Å². The monoisotopic (exact) mass is 734 g/mol. The van der Waals surface area contributed by atoms with Crippen molar-refractivity contribution in [3.05, 3.63) is 23.3 Å². The summed E-state index contributed by atoms with van der Waals surface area (Å²) < 4.78 is 40.3. The van der Waals surface area contributed by atoms with Crippen LogP contribution in [-0.4, -0.2) is 116 Å². The molecule has 0 radical (unpaired) electrons. The summed E-state index contributed by atoms with van der Waals surface area (Å²) in [5.41, 5.74) is -0.477. The maximum atomic E-state index is 11.7. The molecule has 0 unspecified atom stereocenters. The van der Waals surface area contributed by atoms with Gasteiger partial charge in [-0.15, -0.1) is 0 Å². The zero-order valence-corrected chi connectivity index (χ0v) is 33.5. The molecule has 6 aliphatic heterocycles. The maximum Gasteiger partial charge on any atom is 0.111 e. The van der Waals surface area contributed by atoms with Gasteiger partial charge < -0.3 is 48.8 Å². The topological polar surface area (TPSA) is 136 Å². The van der Waals surface area contributed by atoms with Crippen LogP contribution in [0.15, 0.2) is 23.3 Å². The lowest BCUT2D eigenvalue weighted by Gasteiger charge is -2.54. The lowest BCUT2D eigenvalue weighted by Crippen LogP contribution is -2.65. The minimum absolute atomic E-state index is 0.0780. The van der Waals surface area contributed by atoms with Crippen molar-refractivity contribution in [1.29, 1.82) is 0 Å². The van der Waals surface area contributed by atoms with Gasteiger partial charge in [-0.25, -0.2) is 0 Å². The van der Waals surface area contributed by atoms with E-state index in [0.29, 0.717) is 57.3 Å². The maximum absolute atomic E-state index is 11.7. The summed E-state index contributed by atoms with van der Waals surface area (Å²) in [4.78, 5) is 0. The highest BCUT2D eigenvalue weighted by Crippen LogP contribution is 2.50. The summed E-state index contributed by atoms with van der Waals surface area (Å²) in [5.74, 6) is 0.423. The van der Waals surface area contributed by atoms with E-state index in [-0.39, 0.29) is 42.5 Å². The summed E-state index contributed by atoms with van der Waals surface area (Å²) in [6, 6.07) is 0. The van der Waals surface area contributed by atoms with Crippen molar-refractivity contribution < 1.29 is 48.8 Å². The number of allylic oxidation sites excluding steroid dienone is 4. The minimum Gasteiger partial charge on any atom is -0.390 e. The molecule has 17 atom stereocenters. The molecule has 4 N–H and O–H groups in total. The summed E-state index contributed by atoms with van der Waals surface area (Å²) in [5, 5.41) is 45.5. The lowest BCUT2D eigenvalue weighted by atomic mass is 9.75. The van der Waals surface area contributed by atoms with E-state index in [1.807, 2.05) is 34.6 Å². The Kier molecular flexibility index (Phi) is 11.9. The summed E-state index contributed by atoms with van der Waals surface area (Å²) in [6.45, 7) is 20.7. The zero-order chi connectivity index (χ0) is 38.0. The number of ether oxygens (including phenoxy) is 6. The first-order valence-electron chi connectivity index (χ1n) is 20.4. The van der Waals surface area contributed by atoms with Crippen molar-refractivity contribution in [3.8, 4) is 0 Å². The largest absolute Gasteiger partial charge is 0.390 e. The molecule has 52 heavy (non-hydrogen) atoms. The third kappa shape index (κ3) is 7.87. The van der Waals surface area contributed by atoms with Crippen molar-refractivity contribution in [3.63, 3.8) is 0 Å². The van der Waals surface area contributed by atoms with Crippen LogP contribution in [0.1, 0.15) is 133 Å². The van der Waals surface area contributed by atoms with Crippen molar-refractivity contribution in [2.75, 3.05) is 0 Å². The quantitative estimate of drug-likeness (QED) is 0.241. The van der Waals surface area contributed by atoms with Gasteiger partial charge in [0.05, 0.1) is 83.4 Å². The predicted octanol–water partition coefficient (Wildman–Crippen LogP) is 5.70. The number of hydrogen-bond donors (Lipinski definition) is 4. The third-order valence-electron chi connectivity index (χ3n) is 14.1. The number of aliphatic hydroxyl groups excluding tert-OH is 4. The molecule has 0 spiro atoms. The van der Waals surface area contributed by atoms with Gasteiger partial charge in [0.1, 0.15) is 12.2 Å². The molecule has 0 saturated carbocycles. The molecule has 0 aromatic carbocycles. The van der Waals surface area contributed by atoms with Gasteiger partial charge in [0, 0.05) is 31.6 Å². The van der Waals surface area contributed by atoms with Crippen LogP contribution in [0.5, 0.6) is 0 Å². The molecular formula is C42H70O10. The molecule has 6 saturated heterocycles. The Labute approximate surface area is 312 Å². The van der Waals surface area contributed by atoms with Crippen LogP contribution in [-0.2, 0) is 28.4 Å². The van der Waals surface area contributed by atoms with Gasteiger partial charge in [-0.05, 0) is 92.9 Å². The molecular weight excluding hydrogens is 664 g/mol. The van der Waals surface area contributed by atoms with Crippen LogP contribution < -0.4 is 0 Å². The van der Waals surface area contributed by atoms with Gasteiger partial charge in [0.2, 0.25) is 0 Å².